The Balaban J connectivity index is 0. The average molecular weight is 322 g/mol. The van der Waals surface area contributed by atoms with Crippen molar-refractivity contribution in [1.82, 2.24) is 0 Å². The molecule has 0 atom stereocenters. The van der Waals surface area contributed by atoms with E-state index in [1.54, 1.807) is 24.3 Å². The van der Waals surface area contributed by atoms with Crippen molar-refractivity contribution in [2.45, 2.75) is 13.3 Å². The third kappa shape index (κ3) is 9.66. The Hall–Kier alpha value is -0.0238. The Morgan fingerprint density at radius 2 is 1.71 bits per heavy atom. The van der Waals surface area contributed by atoms with Crippen LogP contribution in [0.3, 0.4) is 0 Å². The second kappa shape index (κ2) is 12.4. The van der Waals surface area contributed by atoms with Crippen molar-refractivity contribution in [3.63, 3.8) is 0 Å². The minimum atomic E-state index is 0. The molecular formula is C14H14BrClMg. The molecule has 0 bridgehead atoms. The monoisotopic (exact) mass is 320 g/mol. The Morgan fingerprint density at radius 1 is 1.06 bits per heavy atom. The average Bonchev–Trinajstić information content (AvgIpc) is 2.32. The number of halogens is 2. The number of benzene rings is 2. The maximum atomic E-state index is 5.52. The smallest absolute Gasteiger partial charge is 0.184 e. The molecule has 0 radical (unpaired) electrons. The maximum Gasteiger partial charge on any atom is 2.00 e. The Kier molecular flexibility index (Phi) is 14.1. The van der Waals surface area contributed by atoms with Crippen molar-refractivity contribution < 1.29 is 0 Å². The van der Waals surface area contributed by atoms with Crippen LogP contribution in [-0.2, 0) is 6.42 Å². The number of hydrogen-bond donors (Lipinski definition) is 0. The van der Waals surface area contributed by atoms with Gasteiger partial charge in [-0.05, 0) is 0 Å². The van der Waals surface area contributed by atoms with Crippen LogP contribution >= 0.6 is 28.6 Å². The van der Waals surface area contributed by atoms with Gasteiger partial charge in [0.15, 0.2) is 0 Å². The van der Waals surface area contributed by atoms with Crippen molar-refractivity contribution in [3.8, 4) is 0 Å². The maximum absolute atomic E-state index is 5.52. The van der Waals surface area contributed by atoms with E-state index in [0.717, 1.165) is 11.4 Å². The Morgan fingerprint density at radius 3 is 2.00 bits per heavy atom. The predicted octanol–water partition coefficient (Wildman–Crippen LogP) is 4.39. The summed E-state index contributed by atoms with van der Waals surface area (Å²) in [6, 6.07) is 21.2. The van der Waals surface area contributed by atoms with Gasteiger partial charge in [-0.1, -0.05) is 18.4 Å². The number of aryl methyl sites for hydroxylation is 1. The molecule has 0 N–H and O–H groups in total. The molecular weight excluding hydrogens is 308 g/mol. The molecule has 0 aliphatic rings. The fraction of sp³-hybridized carbons (Fsp3) is 0.143. The van der Waals surface area contributed by atoms with E-state index in [4.69, 9.17) is 11.6 Å². The molecule has 2 rings (SSSR count). The van der Waals surface area contributed by atoms with E-state index in [2.05, 4.69) is 25.1 Å². The summed E-state index contributed by atoms with van der Waals surface area (Å²) in [5.41, 5.74) is 1.28. The molecule has 2 aromatic carbocycles. The molecule has 17 heavy (non-hydrogen) atoms. The van der Waals surface area contributed by atoms with Gasteiger partial charge in [0.1, 0.15) is 0 Å². The molecule has 0 unspecified atom stereocenters. The van der Waals surface area contributed by atoms with Crippen LogP contribution in [-0.4, -0.2) is 23.1 Å². The summed E-state index contributed by atoms with van der Waals surface area (Å²) in [5, 5.41) is 0.763. The minimum absolute atomic E-state index is 0. The van der Waals surface area contributed by atoms with E-state index in [9.17, 15) is 0 Å². The quantitative estimate of drug-likeness (QED) is 0.540. The molecule has 0 heterocycles. The fourth-order valence-electron chi connectivity index (χ4n) is 1.02. The molecule has 0 saturated carbocycles. The zero-order valence-electron chi connectivity index (χ0n) is 9.82. The van der Waals surface area contributed by atoms with Crippen LogP contribution in [0.2, 0.25) is 5.02 Å². The zero-order chi connectivity index (χ0) is 10.9. The van der Waals surface area contributed by atoms with Gasteiger partial charge in [-0.3, -0.25) is 0 Å². The van der Waals surface area contributed by atoms with Crippen molar-refractivity contribution in [1.29, 1.82) is 0 Å². The van der Waals surface area contributed by atoms with Gasteiger partial charge in [0.2, 0.25) is 0 Å². The topological polar surface area (TPSA) is 0 Å². The van der Waals surface area contributed by atoms with Crippen LogP contribution in [0.25, 0.3) is 0 Å². The molecule has 0 aromatic heterocycles. The van der Waals surface area contributed by atoms with Gasteiger partial charge < -0.3 is 0 Å². The summed E-state index contributed by atoms with van der Waals surface area (Å²) in [6.07, 6.45) is 1.08. The molecule has 0 spiro atoms. The first-order valence-corrected chi connectivity index (χ1v) is 5.28. The van der Waals surface area contributed by atoms with E-state index in [1.165, 1.54) is 5.56 Å². The summed E-state index contributed by atoms with van der Waals surface area (Å²) < 4.78 is 0. The first-order chi connectivity index (χ1) is 7.33. The van der Waals surface area contributed by atoms with Crippen LogP contribution in [0.5, 0.6) is 0 Å². The van der Waals surface area contributed by atoms with Gasteiger partial charge in [-0.25, -0.2) is 0 Å². The second-order valence-corrected chi connectivity index (χ2v) is 3.40. The van der Waals surface area contributed by atoms with E-state index in [0.29, 0.717) is 0 Å². The number of rotatable bonds is 1. The first-order valence-electron chi connectivity index (χ1n) is 4.90. The standard InChI is InChI=1S/C8H9.C6H4Cl.BrH.Mg/c1-2-8-6-4-3-5-7-8;7-6-4-2-1-3-5-6;;/h3-6H,2H2,1H3;2-5H;1H;/q2*-1;;+2. The SMILES string of the molecule is Br.CCc1[c-]cccc1.Clc1cc[c-]cc1.[Mg+2]. The van der Waals surface area contributed by atoms with Gasteiger partial charge in [0, 0.05) is 0 Å². The van der Waals surface area contributed by atoms with Gasteiger partial charge in [0.05, 0.1) is 0 Å². The first kappa shape index (κ1) is 19.3. The third-order valence-corrected chi connectivity index (χ3v) is 2.08. The Labute approximate surface area is 135 Å². The zero-order valence-corrected chi connectivity index (χ0v) is 13.7. The summed E-state index contributed by atoms with van der Waals surface area (Å²) >= 11 is 5.52. The summed E-state index contributed by atoms with van der Waals surface area (Å²) in [5.74, 6) is 0. The molecule has 86 valence electrons. The van der Waals surface area contributed by atoms with Crippen LogP contribution in [0.4, 0.5) is 0 Å². The van der Waals surface area contributed by atoms with Crippen molar-refractivity contribution in [3.05, 3.63) is 71.2 Å². The molecule has 3 heteroatoms. The molecule has 0 saturated heterocycles. The summed E-state index contributed by atoms with van der Waals surface area (Å²) in [6.45, 7) is 2.13. The summed E-state index contributed by atoms with van der Waals surface area (Å²) in [7, 11) is 0. The molecule has 0 fully saturated rings. The predicted molar refractivity (Wildman–Crippen MR) is 81.0 cm³/mol. The van der Waals surface area contributed by atoms with Crippen molar-refractivity contribution in [2.24, 2.45) is 0 Å². The van der Waals surface area contributed by atoms with Gasteiger partial charge in [0.25, 0.3) is 0 Å². The molecule has 0 nitrogen and oxygen atoms in total. The van der Waals surface area contributed by atoms with Gasteiger partial charge in [-0.15, -0.1) is 28.6 Å². The Bertz CT molecular complexity index is 364. The van der Waals surface area contributed by atoms with Gasteiger partial charge >= 0.3 is 23.1 Å². The van der Waals surface area contributed by atoms with E-state index in [-0.39, 0.29) is 40.0 Å². The van der Waals surface area contributed by atoms with E-state index in [1.807, 2.05) is 18.2 Å². The summed E-state index contributed by atoms with van der Waals surface area (Å²) in [4.78, 5) is 0. The molecule has 0 aliphatic heterocycles. The molecule has 2 aromatic rings. The van der Waals surface area contributed by atoms with Crippen LogP contribution in [0, 0.1) is 12.1 Å². The van der Waals surface area contributed by atoms with E-state index < -0.39 is 0 Å². The fourth-order valence-corrected chi connectivity index (χ4v) is 1.14. The van der Waals surface area contributed by atoms with Crippen molar-refractivity contribution >= 4 is 51.6 Å². The van der Waals surface area contributed by atoms with Crippen LogP contribution in [0.15, 0.2) is 48.5 Å². The van der Waals surface area contributed by atoms with Crippen molar-refractivity contribution in [2.75, 3.05) is 0 Å². The molecule has 0 amide bonds. The largest absolute Gasteiger partial charge is 2.00 e. The van der Waals surface area contributed by atoms with E-state index >= 15 is 0 Å². The minimum Gasteiger partial charge on any atom is -0.184 e. The number of hydrogen-bond acceptors (Lipinski definition) is 0. The third-order valence-electron chi connectivity index (χ3n) is 1.83. The van der Waals surface area contributed by atoms with Crippen LogP contribution in [0.1, 0.15) is 12.5 Å². The molecule has 0 aliphatic carbocycles. The second-order valence-electron chi connectivity index (χ2n) is 2.96. The normalized spacial score (nSPS) is 7.88. The van der Waals surface area contributed by atoms with Crippen LogP contribution < -0.4 is 0 Å². The van der Waals surface area contributed by atoms with Gasteiger partial charge in [-0.2, -0.15) is 66.2 Å².